The molecular formula is C13H21N5OS. The van der Waals surface area contributed by atoms with Crippen molar-refractivity contribution in [3.05, 3.63) is 16.8 Å². The maximum atomic E-state index is 11.5. The number of rotatable bonds is 7. The van der Waals surface area contributed by atoms with Crippen molar-refractivity contribution in [1.82, 2.24) is 15.5 Å². The molecule has 20 heavy (non-hydrogen) atoms. The first-order chi connectivity index (χ1) is 9.54. The van der Waals surface area contributed by atoms with Crippen LogP contribution in [0.25, 0.3) is 0 Å². The van der Waals surface area contributed by atoms with Crippen LogP contribution in [0.3, 0.4) is 0 Å². The number of likely N-dealkylation sites (N-methyl/N-ethyl adjacent to an activating group) is 1. The monoisotopic (exact) mass is 295 g/mol. The standard InChI is InChI=1S/C13H21N5OS/c1-4-8-9(5-2)17-18-13(11(8)12(14)20)16-7-10(19)15-6-3/h4-7H2,1-3H3,(H2,14,20)(H,15,19)(H,16,18). The molecule has 0 radical (unpaired) electrons. The Labute approximate surface area is 124 Å². The molecule has 0 aliphatic carbocycles. The van der Waals surface area contributed by atoms with Crippen LogP contribution < -0.4 is 16.4 Å². The Balaban J connectivity index is 3.07. The number of nitrogens with one attached hydrogen (secondary N) is 2. The number of nitrogens with two attached hydrogens (primary N) is 1. The number of aromatic nitrogens is 2. The summed E-state index contributed by atoms with van der Waals surface area (Å²) in [6.45, 7) is 6.60. The predicted molar refractivity (Wildman–Crippen MR) is 83.8 cm³/mol. The zero-order valence-corrected chi connectivity index (χ0v) is 12.9. The summed E-state index contributed by atoms with van der Waals surface area (Å²) < 4.78 is 0. The lowest BCUT2D eigenvalue weighted by molar-refractivity contribution is -0.119. The maximum absolute atomic E-state index is 11.5. The lowest BCUT2D eigenvalue weighted by atomic mass is 10.0. The van der Waals surface area contributed by atoms with E-state index in [0.717, 1.165) is 24.1 Å². The van der Waals surface area contributed by atoms with Gasteiger partial charge in [-0.05, 0) is 25.3 Å². The maximum Gasteiger partial charge on any atom is 0.239 e. The minimum Gasteiger partial charge on any atom is -0.389 e. The van der Waals surface area contributed by atoms with E-state index >= 15 is 0 Å². The summed E-state index contributed by atoms with van der Waals surface area (Å²) in [6, 6.07) is 0. The predicted octanol–water partition coefficient (Wildman–Crippen LogP) is 0.784. The molecule has 0 atom stereocenters. The van der Waals surface area contributed by atoms with Crippen molar-refractivity contribution in [2.45, 2.75) is 33.6 Å². The van der Waals surface area contributed by atoms with Crippen LogP contribution in [0, 0.1) is 0 Å². The quantitative estimate of drug-likeness (QED) is 0.644. The molecule has 0 aromatic carbocycles. The first kappa shape index (κ1) is 16.3. The van der Waals surface area contributed by atoms with E-state index in [0.29, 0.717) is 17.9 Å². The number of thiocarbonyl (C=S) groups is 1. The molecule has 1 aromatic heterocycles. The van der Waals surface area contributed by atoms with Crippen molar-refractivity contribution >= 4 is 28.9 Å². The van der Waals surface area contributed by atoms with Crippen LogP contribution in [0.2, 0.25) is 0 Å². The van der Waals surface area contributed by atoms with E-state index < -0.39 is 0 Å². The van der Waals surface area contributed by atoms with Gasteiger partial charge in [0.15, 0.2) is 5.82 Å². The van der Waals surface area contributed by atoms with Gasteiger partial charge in [-0.3, -0.25) is 4.79 Å². The van der Waals surface area contributed by atoms with E-state index in [-0.39, 0.29) is 17.4 Å². The van der Waals surface area contributed by atoms with Gasteiger partial charge in [-0.1, -0.05) is 26.1 Å². The van der Waals surface area contributed by atoms with E-state index in [1.165, 1.54) is 0 Å². The molecule has 0 bridgehead atoms. The zero-order chi connectivity index (χ0) is 15.1. The van der Waals surface area contributed by atoms with Crippen LogP contribution in [0.15, 0.2) is 0 Å². The Morgan fingerprint density at radius 2 is 1.95 bits per heavy atom. The molecule has 0 aliphatic heterocycles. The van der Waals surface area contributed by atoms with Gasteiger partial charge >= 0.3 is 0 Å². The second kappa shape index (κ2) is 7.74. The molecule has 1 amide bonds. The van der Waals surface area contributed by atoms with Crippen LogP contribution in [-0.2, 0) is 17.6 Å². The number of nitrogens with zero attached hydrogens (tertiary/aromatic N) is 2. The van der Waals surface area contributed by atoms with Crippen LogP contribution in [-0.4, -0.2) is 34.2 Å². The first-order valence-electron chi connectivity index (χ1n) is 6.73. The molecule has 0 saturated carbocycles. The number of carbonyl (C=O) groups is 1. The Hall–Kier alpha value is -1.76. The molecule has 7 heteroatoms. The molecule has 1 rings (SSSR count). The Bertz CT molecular complexity index is 504. The average molecular weight is 295 g/mol. The lowest BCUT2D eigenvalue weighted by Gasteiger charge is -2.15. The normalized spacial score (nSPS) is 10.2. The van der Waals surface area contributed by atoms with Crippen molar-refractivity contribution in [3.63, 3.8) is 0 Å². The molecule has 4 N–H and O–H groups in total. The number of hydrogen-bond donors (Lipinski definition) is 3. The fourth-order valence-corrected chi connectivity index (χ4v) is 2.21. The number of carbonyl (C=O) groups excluding carboxylic acids is 1. The minimum atomic E-state index is -0.110. The molecule has 0 saturated heterocycles. The van der Waals surface area contributed by atoms with Crippen LogP contribution >= 0.6 is 12.2 Å². The highest BCUT2D eigenvalue weighted by atomic mass is 32.1. The van der Waals surface area contributed by atoms with Gasteiger partial charge in [0, 0.05) is 6.54 Å². The summed E-state index contributed by atoms with van der Waals surface area (Å²) in [5.74, 6) is 0.360. The topological polar surface area (TPSA) is 92.9 Å². The SMILES string of the molecule is CCNC(=O)CNc1nnc(CC)c(CC)c1C(N)=S. The fraction of sp³-hybridized carbons (Fsp3) is 0.538. The highest BCUT2D eigenvalue weighted by Gasteiger charge is 2.16. The second-order valence-electron chi connectivity index (χ2n) is 4.23. The van der Waals surface area contributed by atoms with Crippen molar-refractivity contribution in [2.75, 3.05) is 18.4 Å². The van der Waals surface area contributed by atoms with Gasteiger partial charge in [-0.2, -0.15) is 5.10 Å². The van der Waals surface area contributed by atoms with Crippen LogP contribution in [0.4, 0.5) is 5.82 Å². The fourth-order valence-electron chi connectivity index (χ4n) is 1.99. The average Bonchev–Trinajstić information content (AvgIpc) is 2.43. The van der Waals surface area contributed by atoms with E-state index in [9.17, 15) is 4.79 Å². The summed E-state index contributed by atoms with van der Waals surface area (Å²) in [5.41, 5.74) is 8.38. The molecule has 0 unspecified atom stereocenters. The smallest absolute Gasteiger partial charge is 0.239 e. The summed E-state index contributed by atoms with van der Waals surface area (Å²) in [7, 11) is 0. The molecule has 1 aromatic rings. The molecule has 6 nitrogen and oxygen atoms in total. The molecule has 1 heterocycles. The van der Waals surface area contributed by atoms with Gasteiger partial charge in [0.2, 0.25) is 5.91 Å². The van der Waals surface area contributed by atoms with Gasteiger partial charge in [0.25, 0.3) is 0 Å². The molecule has 0 fully saturated rings. The largest absolute Gasteiger partial charge is 0.389 e. The van der Waals surface area contributed by atoms with E-state index in [4.69, 9.17) is 18.0 Å². The molecule has 110 valence electrons. The van der Waals surface area contributed by atoms with Gasteiger partial charge < -0.3 is 16.4 Å². The second-order valence-corrected chi connectivity index (χ2v) is 4.67. The van der Waals surface area contributed by atoms with Gasteiger partial charge in [0.05, 0.1) is 17.8 Å². The van der Waals surface area contributed by atoms with E-state index in [2.05, 4.69) is 20.8 Å². The number of aryl methyl sites for hydroxylation is 1. The third-order valence-electron chi connectivity index (χ3n) is 2.88. The Morgan fingerprint density at radius 3 is 2.45 bits per heavy atom. The number of anilines is 1. The van der Waals surface area contributed by atoms with Crippen molar-refractivity contribution in [1.29, 1.82) is 0 Å². The minimum absolute atomic E-state index is 0.110. The lowest BCUT2D eigenvalue weighted by Crippen LogP contribution is -2.30. The van der Waals surface area contributed by atoms with Gasteiger partial charge in [0.1, 0.15) is 4.99 Å². The van der Waals surface area contributed by atoms with Crippen molar-refractivity contribution < 1.29 is 4.79 Å². The third kappa shape index (κ3) is 3.86. The third-order valence-corrected chi connectivity index (χ3v) is 3.09. The number of hydrogen-bond acceptors (Lipinski definition) is 5. The molecule has 0 spiro atoms. The van der Waals surface area contributed by atoms with Gasteiger partial charge in [-0.25, -0.2) is 0 Å². The first-order valence-corrected chi connectivity index (χ1v) is 7.14. The summed E-state index contributed by atoms with van der Waals surface area (Å²) in [4.78, 5) is 11.8. The van der Waals surface area contributed by atoms with Crippen molar-refractivity contribution in [3.8, 4) is 0 Å². The van der Waals surface area contributed by atoms with E-state index in [1.807, 2.05) is 20.8 Å². The van der Waals surface area contributed by atoms with Crippen LogP contribution in [0.1, 0.15) is 37.6 Å². The highest BCUT2D eigenvalue weighted by molar-refractivity contribution is 7.80. The van der Waals surface area contributed by atoms with Crippen molar-refractivity contribution in [2.24, 2.45) is 5.73 Å². The highest BCUT2D eigenvalue weighted by Crippen LogP contribution is 2.20. The Morgan fingerprint density at radius 1 is 1.25 bits per heavy atom. The Kier molecular flexibility index (Phi) is 6.30. The number of amides is 1. The molecule has 0 aliphatic rings. The van der Waals surface area contributed by atoms with E-state index in [1.54, 1.807) is 0 Å². The van der Waals surface area contributed by atoms with Crippen LogP contribution in [0.5, 0.6) is 0 Å². The molecular weight excluding hydrogens is 274 g/mol. The zero-order valence-electron chi connectivity index (χ0n) is 12.1. The summed E-state index contributed by atoms with van der Waals surface area (Å²) >= 11 is 5.11. The summed E-state index contributed by atoms with van der Waals surface area (Å²) in [6.07, 6.45) is 1.53. The van der Waals surface area contributed by atoms with Gasteiger partial charge in [-0.15, -0.1) is 5.10 Å². The summed E-state index contributed by atoms with van der Waals surface area (Å²) in [5, 5.41) is 13.9.